The summed E-state index contributed by atoms with van der Waals surface area (Å²) in [6, 6.07) is 0.150. The smallest absolute Gasteiger partial charge is 0.230 e. The van der Waals surface area contributed by atoms with Crippen molar-refractivity contribution in [2.24, 2.45) is 0 Å². The number of hydrogen-bond donors (Lipinski definition) is 1. The average molecular weight is 191 g/mol. The zero-order chi connectivity index (χ0) is 7.84. The van der Waals surface area contributed by atoms with E-state index in [2.05, 4.69) is 5.32 Å². The van der Waals surface area contributed by atoms with Crippen LogP contribution in [0.1, 0.15) is 12.8 Å². The molecule has 2 heterocycles. The van der Waals surface area contributed by atoms with Gasteiger partial charge >= 0.3 is 0 Å². The Labute approximate surface area is 76.7 Å². The van der Waals surface area contributed by atoms with Crippen molar-refractivity contribution in [1.29, 1.82) is 0 Å². The van der Waals surface area contributed by atoms with Crippen LogP contribution in [0.4, 0.5) is 0 Å². The van der Waals surface area contributed by atoms with Gasteiger partial charge in [0.1, 0.15) is 0 Å². The monoisotopic (exact) mass is 190 g/mol. The molecule has 2 saturated heterocycles. The van der Waals surface area contributed by atoms with Crippen LogP contribution in [0.15, 0.2) is 0 Å². The largest absolute Gasteiger partial charge is 0.313 e. The molecule has 68 valence electrons. The molecule has 1 N–H and O–H groups in total. The molecule has 2 fully saturated rings. The Balaban J connectivity index is 0.000000720. The molecule has 0 bridgehead atoms. The van der Waals surface area contributed by atoms with Crippen LogP contribution in [0.2, 0.25) is 0 Å². The number of imide groups is 1. The Hall–Kier alpha value is -0.610. The molecule has 0 unspecified atom stereocenters. The first kappa shape index (κ1) is 9.48. The van der Waals surface area contributed by atoms with E-state index in [1.807, 2.05) is 0 Å². The third-order valence-corrected chi connectivity index (χ3v) is 2.22. The molecule has 4 nitrogen and oxygen atoms in total. The van der Waals surface area contributed by atoms with Gasteiger partial charge in [0.2, 0.25) is 11.8 Å². The molecule has 2 aliphatic rings. The van der Waals surface area contributed by atoms with Crippen LogP contribution in [-0.4, -0.2) is 35.8 Å². The van der Waals surface area contributed by atoms with E-state index < -0.39 is 0 Å². The maximum absolute atomic E-state index is 11.1. The van der Waals surface area contributed by atoms with E-state index in [0.29, 0.717) is 12.8 Å². The van der Waals surface area contributed by atoms with Gasteiger partial charge in [-0.1, -0.05) is 0 Å². The van der Waals surface area contributed by atoms with Crippen molar-refractivity contribution in [2.75, 3.05) is 13.1 Å². The fourth-order valence-electron chi connectivity index (χ4n) is 1.46. The molecular formula is C7H11ClN2O2. The summed E-state index contributed by atoms with van der Waals surface area (Å²) in [5.41, 5.74) is 0. The minimum atomic E-state index is 0. The first-order valence-corrected chi connectivity index (χ1v) is 3.84. The molecule has 0 aromatic rings. The van der Waals surface area contributed by atoms with Crippen LogP contribution < -0.4 is 5.32 Å². The predicted molar refractivity (Wildman–Crippen MR) is 45.0 cm³/mol. The van der Waals surface area contributed by atoms with E-state index in [4.69, 9.17) is 0 Å². The van der Waals surface area contributed by atoms with Gasteiger partial charge in [-0.2, -0.15) is 0 Å². The molecular weight excluding hydrogens is 180 g/mol. The molecule has 12 heavy (non-hydrogen) atoms. The topological polar surface area (TPSA) is 49.4 Å². The number of halogens is 1. The van der Waals surface area contributed by atoms with E-state index in [9.17, 15) is 9.59 Å². The summed E-state index contributed by atoms with van der Waals surface area (Å²) in [4.78, 5) is 23.6. The van der Waals surface area contributed by atoms with Gasteiger partial charge in [-0.25, -0.2) is 0 Å². The molecule has 0 saturated carbocycles. The standard InChI is InChI=1S/C7H10N2O2.ClH/c10-6-1-2-7(11)9(6)5-3-8-4-5;/h5,8H,1-4H2;1H. The fraction of sp³-hybridized carbons (Fsp3) is 0.714. The predicted octanol–water partition coefficient (Wildman–Crippen LogP) is -0.471. The van der Waals surface area contributed by atoms with Gasteiger partial charge in [0.25, 0.3) is 0 Å². The van der Waals surface area contributed by atoms with E-state index in [0.717, 1.165) is 13.1 Å². The highest BCUT2D eigenvalue weighted by Gasteiger charge is 2.37. The Morgan fingerprint density at radius 2 is 1.67 bits per heavy atom. The maximum Gasteiger partial charge on any atom is 0.230 e. The molecule has 2 amide bonds. The number of rotatable bonds is 1. The zero-order valence-electron chi connectivity index (χ0n) is 6.58. The van der Waals surface area contributed by atoms with Crippen molar-refractivity contribution < 1.29 is 9.59 Å². The Kier molecular flexibility index (Phi) is 2.69. The molecule has 0 aromatic carbocycles. The minimum absolute atomic E-state index is 0. The number of nitrogens with zero attached hydrogens (tertiary/aromatic N) is 1. The molecule has 0 aliphatic carbocycles. The lowest BCUT2D eigenvalue weighted by molar-refractivity contribution is -0.142. The van der Waals surface area contributed by atoms with Gasteiger partial charge < -0.3 is 5.32 Å². The maximum atomic E-state index is 11.1. The van der Waals surface area contributed by atoms with E-state index in [1.165, 1.54) is 4.90 Å². The highest BCUT2D eigenvalue weighted by Crippen LogP contribution is 2.17. The lowest BCUT2D eigenvalue weighted by Crippen LogP contribution is -2.58. The van der Waals surface area contributed by atoms with Gasteiger partial charge in [-0.15, -0.1) is 12.4 Å². The molecule has 0 radical (unpaired) electrons. The number of amides is 2. The zero-order valence-corrected chi connectivity index (χ0v) is 7.39. The van der Waals surface area contributed by atoms with Crippen LogP contribution >= 0.6 is 12.4 Å². The summed E-state index contributed by atoms with van der Waals surface area (Å²) < 4.78 is 0. The first-order chi connectivity index (χ1) is 5.29. The Morgan fingerprint density at radius 3 is 2.00 bits per heavy atom. The molecule has 5 heteroatoms. The summed E-state index contributed by atoms with van der Waals surface area (Å²) in [5, 5.41) is 3.03. The van der Waals surface area contributed by atoms with Gasteiger partial charge in [-0.05, 0) is 0 Å². The summed E-state index contributed by atoms with van der Waals surface area (Å²) in [6.07, 6.45) is 0.824. The third-order valence-electron chi connectivity index (χ3n) is 2.22. The first-order valence-electron chi connectivity index (χ1n) is 3.84. The van der Waals surface area contributed by atoms with Gasteiger partial charge in [0.15, 0.2) is 0 Å². The lowest BCUT2D eigenvalue weighted by Gasteiger charge is -2.33. The number of nitrogens with one attached hydrogen (secondary N) is 1. The van der Waals surface area contributed by atoms with Gasteiger partial charge in [0.05, 0.1) is 6.04 Å². The summed E-state index contributed by atoms with van der Waals surface area (Å²) in [5.74, 6) is 0.00278. The highest BCUT2D eigenvalue weighted by atomic mass is 35.5. The molecule has 0 atom stereocenters. The van der Waals surface area contributed by atoms with Crippen molar-refractivity contribution in [1.82, 2.24) is 10.2 Å². The van der Waals surface area contributed by atoms with Crippen LogP contribution in [0.5, 0.6) is 0 Å². The van der Waals surface area contributed by atoms with Crippen LogP contribution in [0.25, 0.3) is 0 Å². The van der Waals surface area contributed by atoms with Crippen molar-refractivity contribution in [3.63, 3.8) is 0 Å². The second-order valence-electron chi connectivity index (χ2n) is 2.97. The quantitative estimate of drug-likeness (QED) is 0.569. The van der Waals surface area contributed by atoms with Crippen molar-refractivity contribution in [3.05, 3.63) is 0 Å². The second kappa shape index (κ2) is 3.41. The van der Waals surface area contributed by atoms with Crippen molar-refractivity contribution in [2.45, 2.75) is 18.9 Å². The second-order valence-corrected chi connectivity index (χ2v) is 2.97. The van der Waals surface area contributed by atoms with E-state index in [-0.39, 0.29) is 30.3 Å². The van der Waals surface area contributed by atoms with Crippen LogP contribution in [0, 0.1) is 0 Å². The number of likely N-dealkylation sites (tertiary alicyclic amines) is 1. The van der Waals surface area contributed by atoms with Crippen LogP contribution in [-0.2, 0) is 9.59 Å². The number of carbonyl (C=O) groups is 2. The third kappa shape index (κ3) is 1.32. The van der Waals surface area contributed by atoms with Crippen molar-refractivity contribution in [3.8, 4) is 0 Å². The normalized spacial score (nSPS) is 23.8. The Morgan fingerprint density at radius 1 is 1.17 bits per heavy atom. The molecule has 0 aromatic heterocycles. The van der Waals surface area contributed by atoms with Crippen molar-refractivity contribution >= 4 is 24.2 Å². The fourth-order valence-corrected chi connectivity index (χ4v) is 1.46. The van der Waals surface area contributed by atoms with E-state index in [1.54, 1.807) is 0 Å². The summed E-state index contributed by atoms with van der Waals surface area (Å²) in [6.45, 7) is 1.55. The lowest BCUT2D eigenvalue weighted by atomic mass is 10.1. The van der Waals surface area contributed by atoms with Gasteiger partial charge in [-0.3, -0.25) is 14.5 Å². The highest BCUT2D eigenvalue weighted by molar-refractivity contribution is 6.02. The minimum Gasteiger partial charge on any atom is -0.313 e. The van der Waals surface area contributed by atoms with E-state index >= 15 is 0 Å². The van der Waals surface area contributed by atoms with Gasteiger partial charge in [0, 0.05) is 25.9 Å². The SMILES string of the molecule is Cl.O=C1CCC(=O)N1C1CNC1. The number of carbonyl (C=O) groups excluding carboxylic acids is 2. The molecule has 2 aliphatic heterocycles. The average Bonchev–Trinajstić information content (AvgIpc) is 2.15. The summed E-state index contributed by atoms with van der Waals surface area (Å²) in [7, 11) is 0. The van der Waals surface area contributed by atoms with Crippen LogP contribution in [0.3, 0.4) is 0 Å². The summed E-state index contributed by atoms with van der Waals surface area (Å²) >= 11 is 0. The number of hydrogen-bond acceptors (Lipinski definition) is 3. The Bertz CT molecular complexity index is 199. The molecule has 2 rings (SSSR count). The molecule has 0 spiro atoms.